The van der Waals surface area contributed by atoms with Crippen LogP contribution in [-0.2, 0) is 14.3 Å². The Kier molecular flexibility index (Phi) is 5.70. The number of hydrogen-bond donors (Lipinski definition) is 2. The van der Waals surface area contributed by atoms with Gasteiger partial charge in [0, 0.05) is 29.7 Å². The Morgan fingerprint density at radius 2 is 1.85 bits per heavy atom. The molecule has 0 radical (unpaired) electrons. The monoisotopic (exact) mass is 446 g/mol. The van der Waals surface area contributed by atoms with E-state index in [0.717, 1.165) is 16.5 Å². The molecule has 3 aromatic rings. The maximum Gasteiger partial charge on any atom is 0.335 e. The van der Waals surface area contributed by atoms with Gasteiger partial charge in [0.1, 0.15) is 6.04 Å². The fourth-order valence-electron chi connectivity index (χ4n) is 3.78. The summed E-state index contributed by atoms with van der Waals surface area (Å²) in [6, 6.07) is 13.0. The Labute approximate surface area is 189 Å². The molecule has 4 rings (SSSR count). The van der Waals surface area contributed by atoms with Gasteiger partial charge >= 0.3 is 11.9 Å². The van der Waals surface area contributed by atoms with Gasteiger partial charge < -0.3 is 14.4 Å². The highest BCUT2D eigenvalue weighted by atomic mass is 16.5. The number of amides is 1. The van der Waals surface area contributed by atoms with Crippen molar-refractivity contribution in [3.63, 3.8) is 0 Å². The number of fused-ring (bicyclic) bond motifs is 1. The van der Waals surface area contributed by atoms with Crippen molar-refractivity contribution in [3.8, 4) is 0 Å². The highest BCUT2D eigenvalue weighted by Crippen LogP contribution is 2.29. The number of aromatic carboxylic acids is 1. The molecule has 0 spiro atoms. The summed E-state index contributed by atoms with van der Waals surface area (Å²) in [7, 11) is 2.92. The van der Waals surface area contributed by atoms with Gasteiger partial charge in [-0.2, -0.15) is 0 Å². The third-order valence-electron chi connectivity index (χ3n) is 5.53. The molecule has 9 nitrogen and oxygen atoms in total. The number of hydrogen-bond acceptors (Lipinski definition) is 5. The largest absolute Gasteiger partial charge is 0.478 e. The van der Waals surface area contributed by atoms with Gasteiger partial charge in [0.15, 0.2) is 5.84 Å². The number of aliphatic imine (C=N–C) groups is 1. The zero-order valence-electron chi connectivity index (χ0n) is 18.3. The fraction of sp³-hybridized carbons (Fsp3) is 0.167. The second-order valence-electron chi connectivity index (χ2n) is 7.44. The predicted molar refractivity (Wildman–Crippen MR) is 124 cm³/mol. The van der Waals surface area contributed by atoms with Crippen LogP contribution in [0.25, 0.3) is 17.0 Å². The summed E-state index contributed by atoms with van der Waals surface area (Å²) >= 11 is 0. The van der Waals surface area contributed by atoms with Crippen molar-refractivity contribution in [2.75, 3.05) is 19.2 Å². The molecule has 33 heavy (non-hydrogen) atoms. The second kappa shape index (κ2) is 8.62. The number of ether oxygens (including phenoxy) is 1. The summed E-state index contributed by atoms with van der Waals surface area (Å²) in [5.41, 5.74) is 5.49. The molecular weight excluding hydrogens is 424 g/mol. The topological polar surface area (TPSA) is 113 Å². The first kappa shape index (κ1) is 21.8. The molecule has 168 valence electrons. The summed E-state index contributed by atoms with van der Waals surface area (Å²) in [4.78, 5) is 40.7. The molecule has 1 amide bonds. The number of para-hydroxylation sites is 1. The minimum absolute atomic E-state index is 0.123. The minimum atomic E-state index is -1.05. The number of carbonyl (C=O) groups is 3. The molecule has 2 heterocycles. The van der Waals surface area contributed by atoms with E-state index in [0.29, 0.717) is 17.1 Å². The second-order valence-corrected chi connectivity index (χ2v) is 7.44. The van der Waals surface area contributed by atoms with Crippen molar-refractivity contribution >= 4 is 46.3 Å². The Morgan fingerprint density at radius 1 is 1.15 bits per heavy atom. The van der Waals surface area contributed by atoms with Crippen LogP contribution in [0.15, 0.2) is 65.3 Å². The summed E-state index contributed by atoms with van der Waals surface area (Å²) in [6.07, 6.45) is 3.54. The molecule has 2 aromatic carbocycles. The van der Waals surface area contributed by atoms with Crippen LogP contribution in [0.1, 0.15) is 28.9 Å². The van der Waals surface area contributed by atoms with Gasteiger partial charge in [0.2, 0.25) is 0 Å². The average Bonchev–Trinajstić information content (AvgIpc) is 3.36. The SMILES string of the molecule is CN=C1NN(c2ccc(C(=O)O)cc2)C(=O)/C1=C\c1cn(C(C)C(=O)OC)c2ccccc12. The number of nitrogens with zero attached hydrogens (tertiary/aromatic N) is 3. The van der Waals surface area contributed by atoms with Crippen molar-refractivity contribution < 1.29 is 24.2 Å². The first-order chi connectivity index (χ1) is 15.8. The molecule has 0 aliphatic carbocycles. The van der Waals surface area contributed by atoms with Crippen LogP contribution < -0.4 is 10.4 Å². The van der Waals surface area contributed by atoms with Crippen molar-refractivity contribution in [1.82, 2.24) is 9.99 Å². The average molecular weight is 446 g/mol. The van der Waals surface area contributed by atoms with Crippen LogP contribution in [-0.4, -0.2) is 47.5 Å². The molecule has 9 heteroatoms. The number of esters is 1. The standard InChI is InChI=1S/C24H22N4O5/c1-14(24(32)33-3)27-13-16(18-6-4-5-7-20(18)27)12-19-21(25-2)26-28(22(19)29)17-10-8-15(9-11-17)23(30)31/h4-14H,1-3H3,(H,25,26)(H,30,31)/b19-12-. The number of carboxylic acid groups (broad SMARTS) is 1. The lowest BCUT2D eigenvalue weighted by Crippen LogP contribution is -2.35. The molecule has 1 aliphatic heterocycles. The molecule has 0 bridgehead atoms. The van der Waals surface area contributed by atoms with Crippen molar-refractivity contribution in [3.05, 3.63) is 71.4 Å². The molecule has 0 saturated carbocycles. The van der Waals surface area contributed by atoms with E-state index in [1.807, 2.05) is 35.0 Å². The Hall–Kier alpha value is -4.40. The Morgan fingerprint density at radius 3 is 2.48 bits per heavy atom. The molecule has 1 aromatic heterocycles. The van der Waals surface area contributed by atoms with Crippen LogP contribution >= 0.6 is 0 Å². The highest BCUT2D eigenvalue weighted by Gasteiger charge is 2.33. The van der Waals surface area contributed by atoms with E-state index < -0.39 is 12.0 Å². The number of anilines is 1. The smallest absolute Gasteiger partial charge is 0.335 e. The van der Waals surface area contributed by atoms with Gasteiger partial charge in [-0.15, -0.1) is 0 Å². The minimum Gasteiger partial charge on any atom is -0.478 e. The summed E-state index contributed by atoms with van der Waals surface area (Å²) < 4.78 is 6.71. The van der Waals surface area contributed by atoms with Gasteiger partial charge in [-0.05, 0) is 43.3 Å². The van der Waals surface area contributed by atoms with Crippen molar-refractivity contribution in [2.45, 2.75) is 13.0 Å². The summed E-state index contributed by atoms with van der Waals surface area (Å²) in [5, 5.41) is 11.3. The number of rotatable bonds is 5. The molecule has 2 N–H and O–H groups in total. The van der Waals surface area contributed by atoms with E-state index in [2.05, 4.69) is 10.4 Å². The maximum absolute atomic E-state index is 13.2. The van der Waals surface area contributed by atoms with E-state index in [9.17, 15) is 14.4 Å². The van der Waals surface area contributed by atoms with Crippen LogP contribution in [0.5, 0.6) is 0 Å². The normalized spacial score (nSPS) is 16.9. The first-order valence-electron chi connectivity index (χ1n) is 10.2. The van der Waals surface area contributed by atoms with Crippen LogP contribution in [0.4, 0.5) is 5.69 Å². The zero-order valence-corrected chi connectivity index (χ0v) is 18.3. The third kappa shape index (κ3) is 3.84. The maximum atomic E-state index is 13.2. The van der Waals surface area contributed by atoms with E-state index in [4.69, 9.17) is 9.84 Å². The number of carboxylic acids is 1. The first-order valence-corrected chi connectivity index (χ1v) is 10.2. The van der Waals surface area contributed by atoms with Gasteiger partial charge in [-0.25, -0.2) is 14.6 Å². The molecule has 1 saturated heterocycles. The van der Waals surface area contributed by atoms with Crippen molar-refractivity contribution in [1.29, 1.82) is 0 Å². The lowest BCUT2D eigenvalue weighted by molar-refractivity contribution is -0.143. The van der Waals surface area contributed by atoms with Gasteiger partial charge in [0.25, 0.3) is 5.91 Å². The number of carbonyl (C=O) groups excluding carboxylic acids is 2. The highest BCUT2D eigenvalue weighted by molar-refractivity contribution is 6.33. The van der Waals surface area contributed by atoms with E-state index in [-0.39, 0.29) is 17.4 Å². The Bertz CT molecular complexity index is 1320. The van der Waals surface area contributed by atoms with Gasteiger partial charge in [0.05, 0.1) is 23.9 Å². The lowest BCUT2D eigenvalue weighted by atomic mass is 10.1. The molecule has 1 fully saturated rings. The fourth-order valence-corrected chi connectivity index (χ4v) is 3.78. The lowest BCUT2D eigenvalue weighted by Gasteiger charge is -2.15. The van der Waals surface area contributed by atoms with E-state index >= 15 is 0 Å². The number of amidine groups is 1. The van der Waals surface area contributed by atoms with E-state index in [1.54, 1.807) is 32.2 Å². The number of nitrogens with one attached hydrogen (secondary N) is 1. The van der Waals surface area contributed by atoms with Crippen LogP contribution in [0.2, 0.25) is 0 Å². The summed E-state index contributed by atoms with van der Waals surface area (Å²) in [6.45, 7) is 1.75. The third-order valence-corrected chi connectivity index (χ3v) is 5.53. The van der Waals surface area contributed by atoms with Gasteiger partial charge in [-0.3, -0.25) is 15.2 Å². The zero-order chi connectivity index (χ0) is 23.7. The molecule has 1 unspecified atom stereocenters. The quantitative estimate of drug-likeness (QED) is 0.460. The van der Waals surface area contributed by atoms with Gasteiger partial charge in [-0.1, -0.05) is 18.2 Å². The number of hydrazine groups is 1. The number of benzene rings is 2. The Balaban J connectivity index is 1.76. The van der Waals surface area contributed by atoms with Crippen LogP contribution in [0, 0.1) is 0 Å². The molecule has 1 aliphatic rings. The van der Waals surface area contributed by atoms with E-state index in [1.165, 1.54) is 24.3 Å². The predicted octanol–water partition coefficient (Wildman–Crippen LogP) is 3.04. The summed E-state index contributed by atoms with van der Waals surface area (Å²) in [5.74, 6) is -1.38. The number of methoxy groups -OCH3 is 1. The van der Waals surface area contributed by atoms with Crippen molar-refractivity contribution in [2.24, 2.45) is 4.99 Å². The molecule has 1 atom stereocenters. The molecular formula is C24H22N4O5. The van der Waals surface area contributed by atoms with Crippen LogP contribution in [0.3, 0.4) is 0 Å². The number of aromatic nitrogens is 1.